The van der Waals surface area contributed by atoms with Crippen LogP contribution in [-0.4, -0.2) is 36.8 Å². The molecule has 0 aliphatic carbocycles. The second-order valence-electron chi connectivity index (χ2n) is 5.42. The molecule has 6 heteroatoms. The average Bonchev–Trinajstić information content (AvgIpc) is 2.75. The average molecular weight is 311 g/mol. The van der Waals surface area contributed by atoms with Gasteiger partial charge in [0.25, 0.3) is 5.91 Å². The summed E-state index contributed by atoms with van der Waals surface area (Å²) in [6.07, 6.45) is 1.14. The van der Waals surface area contributed by atoms with E-state index >= 15 is 0 Å². The fourth-order valence-corrected chi connectivity index (χ4v) is 3.29. The summed E-state index contributed by atoms with van der Waals surface area (Å²) in [5, 5.41) is 13.0. The monoisotopic (exact) mass is 310 g/mol. The molecule has 1 fully saturated rings. The third-order valence-corrected chi connectivity index (χ3v) is 4.41. The minimum absolute atomic E-state index is 0.320. The fourth-order valence-electron chi connectivity index (χ4n) is 3.00. The maximum absolute atomic E-state index is 11.5. The van der Waals surface area contributed by atoms with Gasteiger partial charge >= 0.3 is 0 Å². The maximum atomic E-state index is 11.5. The zero-order valence-corrected chi connectivity index (χ0v) is 12.7. The van der Waals surface area contributed by atoms with Crippen molar-refractivity contribution < 1.29 is 14.6 Å². The van der Waals surface area contributed by atoms with Crippen LogP contribution in [0.5, 0.6) is 0 Å². The lowest BCUT2D eigenvalue weighted by molar-refractivity contribution is -0.123. The second-order valence-corrected chi connectivity index (χ2v) is 5.83. The Hall–Kier alpha value is -1.30. The second kappa shape index (κ2) is 5.83. The summed E-state index contributed by atoms with van der Waals surface area (Å²) in [5.41, 5.74) is 2.11. The highest BCUT2D eigenvalue weighted by atomic mass is 35.5. The minimum Gasteiger partial charge on any atom is -0.378 e. The first-order valence-electron chi connectivity index (χ1n) is 7.29. The number of piperidine rings is 1. The molecule has 2 aliphatic heterocycles. The molecule has 1 atom stereocenters. The van der Waals surface area contributed by atoms with E-state index in [1.807, 2.05) is 13.0 Å². The molecule has 1 aromatic carbocycles. The van der Waals surface area contributed by atoms with E-state index < -0.39 is 12.0 Å². The Kier molecular flexibility index (Phi) is 4.06. The summed E-state index contributed by atoms with van der Waals surface area (Å²) < 4.78 is 5.65. The Morgan fingerprint density at radius 2 is 2.14 bits per heavy atom. The number of anilines is 2. The van der Waals surface area contributed by atoms with Crippen molar-refractivity contribution in [3.05, 3.63) is 22.7 Å². The van der Waals surface area contributed by atoms with Crippen molar-refractivity contribution in [3.63, 3.8) is 0 Å². The number of carbonyl (C=O) groups is 1. The van der Waals surface area contributed by atoms with Crippen molar-refractivity contribution in [3.8, 4) is 0 Å². The van der Waals surface area contributed by atoms with E-state index in [2.05, 4.69) is 10.2 Å². The van der Waals surface area contributed by atoms with Crippen LogP contribution >= 0.6 is 11.6 Å². The van der Waals surface area contributed by atoms with Crippen LogP contribution in [0.25, 0.3) is 0 Å². The molecule has 2 aliphatic rings. The molecule has 0 aromatic heterocycles. The van der Waals surface area contributed by atoms with Crippen LogP contribution in [-0.2, 0) is 9.53 Å². The summed E-state index contributed by atoms with van der Waals surface area (Å²) in [6, 6.07) is 3.54. The van der Waals surface area contributed by atoms with Crippen molar-refractivity contribution in [1.82, 2.24) is 0 Å². The van der Waals surface area contributed by atoms with Gasteiger partial charge in [-0.2, -0.15) is 0 Å². The van der Waals surface area contributed by atoms with Crippen molar-refractivity contribution in [2.45, 2.75) is 32.0 Å². The first-order valence-corrected chi connectivity index (χ1v) is 7.67. The highest BCUT2D eigenvalue weighted by Gasteiger charge is 2.31. The Bertz CT molecular complexity index is 556. The molecule has 1 amide bonds. The number of nitrogens with zero attached hydrogens (tertiary/aromatic N) is 1. The van der Waals surface area contributed by atoms with E-state index in [1.54, 1.807) is 6.07 Å². The number of hydrogen-bond donors (Lipinski definition) is 2. The smallest absolute Gasteiger partial charge is 0.257 e. The molecule has 1 saturated heterocycles. The lowest BCUT2D eigenvalue weighted by Gasteiger charge is -2.34. The number of amides is 1. The van der Waals surface area contributed by atoms with Gasteiger partial charge in [0.05, 0.1) is 16.8 Å². The summed E-state index contributed by atoms with van der Waals surface area (Å²) in [4.78, 5) is 13.7. The summed E-state index contributed by atoms with van der Waals surface area (Å²) >= 11 is 6.33. The van der Waals surface area contributed by atoms with Gasteiger partial charge in [-0.1, -0.05) is 11.6 Å². The standard InChI is InChI=1S/C15H19ClN2O3/c1-2-21-9-3-5-18(6-4-9)13-8-12-10(7-11(13)16)14(19)15(20)17-12/h7-9,14,19H,2-6H2,1H3,(H,17,20). The number of ether oxygens (including phenoxy) is 1. The molecule has 0 bridgehead atoms. The van der Waals surface area contributed by atoms with Gasteiger partial charge in [0.2, 0.25) is 0 Å². The van der Waals surface area contributed by atoms with Gasteiger partial charge in [-0.3, -0.25) is 4.79 Å². The molecule has 5 nitrogen and oxygen atoms in total. The predicted octanol–water partition coefficient (Wildman–Crippen LogP) is 2.33. The van der Waals surface area contributed by atoms with Gasteiger partial charge in [0, 0.05) is 30.9 Å². The van der Waals surface area contributed by atoms with Crippen LogP contribution in [0.3, 0.4) is 0 Å². The molecule has 21 heavy (non-hydrogen) atoms. The van der Waals surface area contributed by atoms with E-state index in [1.165, 1.54) is 0 Å². The van der Waals surface area contributed by atoms with Crippen LogP contribution in [0.2, 0.25) is 5.02 Å². The summed E-state index contributed by atoms with van der Waals surface area (Å²) in [6.45, 7) is 4.51. The lowest BCUT2D eigenvalue weighted by Crippen LogP contribution is -2.37. The van der Waals surface area contributed by atoms with E-state index in [-0.39, 0.29) is 0 Å². The van der Waals surface area contributed by atoms with Crippen LogP contribution in [0.4, 0.5) is 11.4 Å². The number of hydrogen-bond acceptors (Lipinski definition) is 4. The van der Waals surface area contributed by atoms with Gasteiger partial charge in [0.1, 0.15) is 0 Å². The Morgan fingerprint density at radius 1 is 1.43 bits per heavy atom. The van der Waals surface area contributed by atoms with Crippen molar-refractivity contribution in [2.24, 2.45) is 0 Å². The number of carbonyl (C=O) groups excluding carboxylic acids is 1. The predicted molar refractivity (Wildman–Crippen MR) is 81.9 cm³/mol. The molecule has 114 valence electrons. The van der Waals surface area contributed by atoms with Gasteiger partial charge in [-0.05, 0) is 31.9 Å². The van der Waals surface area contributed by atoms with Crippen molar-refractivity contribution >= 4 is 28.9 Å². The van der Waals surface area contributed by atoms with Gasteiger partial charge in [-0.25, -0.2) is 0 Å². The number of nitrogens with one attached hydrogen (secondary N) is 1. The van der Waals surface area contributed by atoms with Crippen LogP contribution in [0.1, 0.15) is 31.4 Å². The molecule has 1 unspecified atom stereocenters. The number of aliphatic hydroxyl groups is 1. The molecule has 0 saturated carbocycles. The molecule has 0 radical (unpaired) electrons. The zero-order valence-electron chi connectivity index (χ0n) is 11.9. The molecule has 1 aromatic rings. The van der Waals surface area contributed by atoms with Gasteiger partial charge < -0.3 is 20.1 Å². The summed E-state index contributed by atoms with van der Waals surface area (Å²) in [7, 11) is 0. The molecule has 2 N–H and O–H groups in total. The number of benzene rings is 1. The first kappa shape index (κ1) is 14.6. The molecule has 2 heterocycles. The number of fused-ring (bicyclic) bond motifs is 1. The topological polar surface area (TPSA) is 61.8 Å². The largest absolute Gasteiger partial charge is 0.378 e. The van der Waals surface area contributed by atoms with E-state index in [0.29, 0.717) is 22.4 Å². The molecule has 0 spiro atoms. The first-order chi connectivity index (χ1) is 10.1. The van der Waals surface area contributed by atoms with Crippen LogP contribution < -0.4 is 10.2 Å². The highest BCUT2D eigenvalue weighted by molar-refractivity contribution is 6.33. The van der Waals surface area contributed by atoms with E-state index in [4.69, 9.17) is 16.3 Å². The third-order valence-electron chi connectivity index (χ3n) is 4.10. The molecular weight excluding hydrogens is 292 g/mol. The maximum Gasteiger partial charge on any atom is 0.257 e. The molecule has 3 rings (SSSR count). The Labute approximate surface area is 128 Å². The van der Waals surface area contributed by atoms with Gasteiger partial charge in [-0.15, -0.1) is 0 Å². The Balaban J connectivity index is 1.78. The van der Waals surface area contributed by atoms with Crippen LogP contribution in [0.15, 0.2) is 12.1 Å². The third kappa shape index (κ3) is 2.73. The number of rotatable bonds is 3. The number of aliphatic hydroxyl groups excluding tert-OH is 1. The van der Waals surface area contributed by atoms with E-state index in [0.717, 1.165) is 38.2 Å². The zero-order chi connectivity index (χ0) is 15.0. The quantitative estimate of drug-likeness (QED) is 0.899. The van der Waals surface area contributed by atoms with Crippen molar-refractivity contribution in [1.29, 1.82) is 0 Å². The van der Waals surface area contributed by atoms with Gasteiger partial charge in [0.15, 0.2) is 6.10 Å². The Morgan fingerprint density at radius 3 is 2.81 bits per heavy atom. The van der Waals surface area contributed by atoms with Crippen LogP contribution in [0, 0.1) is 0 Å². The minimum atomic E-state index is -1.12. The highest BCUT2D eigenvalue weighted by Crippen LogP contribution is 2.39. The van der Waals surface area contributed by atoms with E-state index in [9.17, 15) is 9.90 Å². The fraction of sp³-hybridized carbons (Fsp3) is 0.533. The molecular formula is C15H19ClN2O3. The normalized spacial score (nSPS) is 22.3. The number of halogens is 1. The SMILES string of the molecule is CCOC1CCN(c2cc3c(cc2Cl)C(O)C(=O)N3)CC1. The van der Waals surface area contributed by atoms with Crippen molar-refractivity contribution in [2.75, 3.05) is 29.9 Å². The summed E-state index contributed by atoms with van der Waals surface area (Å²) in [5.74, 6) is -0.395. The lowest BCUT2D eigenvalue weighted by atomic mass is 10.1.